The number of nitro groups is 1. The van der Waals surface area contributed by atoms with Gasteiger partial charge in [0, 0.05) is 30.4 Å². The lowest BCUT2D eigenvalue weighted by Crippen LogP contribution is -2.41. The molecule has 1 saturated carbocycles. The third-order valence-corrected chi connectivity index (χ3v) is 4.35. The molecular formula is C13H22N2O3. The fourth-order valence-electron chi connectivity index (χ4n) is 3.16. The molecule has 2 fully saturated rings. The van der Waals surface area contributed by atoms with Crippen LogP contribution < -0.4 is 0 Å². The summed E-state index contributed by atoms with van der Waals surface area (Å²) in [4.78, 5) is 24.3. The molecule has 0 aromatic rings. The number of piperidine rings is 1. The summed E-state index contributed by atoms with van der Waals surface area (Å²) < 4.78 is 0. The average Bonchev–Trinajstić information content (AvgIpc) is 2.90. The second-order valence-electron chi connectivity index (χ2n) is 5.60. The largest absolute Gasteiger partial charge is 0.342 e. The van der Waals surface area contributed by atoms with E-state index in [-0.39, 0.29) is 17.4 Å². The van der Waals surface area contributed by atoms with Crippen molar-refractivity contribution in [2.75, 3.05) is 19.6 Å². The number of nitrogens with zero attached hydrogens (tertiary/aromatic N) is 2. The lowest BCUT2D eigenvalue weighted by atomic mass is 9.92. The van der Waals surface area contributed by atoms with E-state index in [4.69, 9.17) is 0 Å². The van der Waals surface area contributed by atoms with Crippen molar-refractivity contribution < 1.29 is 9.72 Å². The summed E-state index contributed by atoms with van der Waals surface area (Å²) in [7, 11) is 0. The first-order valence-electron chi connectivity index (χ1n) is 7.07. The van der Waals surface area contributed by atoms with Gasteiger partial charge in [-0.3, -0.25) is 14.9 Å². The summed E-state index contributed by atoms with van der Waals surface area (Å²) in [5, 5.41) is 10.3. The highest BCUT2D eigenvalue weighted by Crippen LogP contribution is 2.29. The standard InChI is InChI=1S/C13H22N2O3/c16-13(12-3-1-2-4-12)14-8-5-11(6-9-14)7-10-15(17)18/h11-12H,1-10H2. The van der Waals surface area contributed by atoms with E-state index >= 15 is 0 Å². The van der Waals surface area contributed by atoms with Gasteiger partial charge in [-0.25, -0.2) is 0 Å². The van der Waals surface area contributed by atoms with E-state index in [1.54, 1.807) is 0 Å². The van der Waals surface area contributed by atoms with Gasteiger partial charge >= 0.3 is 0 Å². The Bertz CT molecular complexity index is 305. The van der Waals surface area contributed by atoms with Crippen molar-refractivity contribution in [1.82, 2.24) is 4.90 Å². The topological polar surface area (TPSA) is 63.5 Å². The van der Waals surface area contributed by atoms with Gasteiger partial charge in [0.1, 0.15) is 0 Å². The number of likely N-dealkylation sites (tertiary alicyclic amines) is 1. The van der Waals surface area contributed by atoms with Crippen LogP contribution in [0.15, 0.2) is 0 Å². The number of hydrogen-bond donors (Lipinski definition) is 0. The molecule has 0 spiro atoms. The van der Waals surface area contributed by atoms with Crippen molar-refractivity contribution in [1.29, 1.82) is 0 Å². The Hall–Kier alpha value is -1.13. The van der Waals surface area contributed by atoms with Crippen LogP contribution in [-0.4, -0.2) is 35.4 Å². The monoisotopic (exact) mass is 254 g/mol. The van der Waals surface area contributed by atoms with Crippen LogP contribution in [0.2, 0.25) is 0 Å². The minimum Gasteiger partial charge on any atom is -0.342 e. The summed E-state index contributed by atoms with van der Waals surface area (Å²) in [6, 6.07) is 0. The maximum Gasteiger partial charge on any atom is 0.225 e. The van der Waals surface area contributed by atoms with E-state index in [0.717, 1.165) is 38.8 Å². The Morgan fingerprint density at radius 3 is 2.33 bits per heavy atom. The Morgan fingerprint density at radius 2 is 1.78 bits per heavy atom. The van der Waals surface area contributed by atoms with Crippen LogP contribution in [0.4, 0.5) is 0 Å². The molecule has 0 aromatic heterocycles. The molecule has 0 bridgehead atoms. The Labute approximate surface area is 108 Å². The zero-order valence-corrected chi connectivity index (χ0v) is 10.8. The predicted molar refractivity (Wildman–Crippen MR) is 67.7 cm³/mol. The summed E-state index contributed by atoms with van der Waals surface area (Å²) in [6.07, 6.45) is 7.03. The van der Waals surface area contributed by atoms with Gasteiger partial charge in [0.15, 0.2) is 0 Å². The molecule has 1 aliphatic carbocycles. The highest BCUT2D eigenvalue weighted by atomic mass is 16.6. The molecule has 2 rings (SSSR count). The van der Waals surface area contributed by atoms with E-state index in [1.165, 1.54) is 12.8 Å². The molecule has 0 aromatic carbocycles. The van der Waals surface area contributed by atoms with Crippen LogP contribution in [0.3, 0.4) is 0 Å². The van der Waals surface area contributed by atoms with Crippen LogP contribution in [0.1, 0.15) is 44.9 Å². The lowest BCUT2D eigenvalue weighted by molar-refractivity contribution is -0.481. The van der Waals surface area contributed by atoms with Crippen LogP contribution in [0.5, 0.6) is 0 Å². The first kappa shape index (κ1) is 13.3. The minimum atomic E-state index is -0.240. The molecule has 1 saturated heterocycles. The molecule has 18 heavy (non-hydrogen) atoms. The van der Waals surface area contributed by atoms with Crippen LogP contribution in [0.25, 0.3) is 0 Å². The third-order valence-electron chi connectivity index (χ3n) is 4.35. The van der Waals surface area contributed by atoms with Crippen molar-refractivity contribution in [2.45, 2.75) is 44.9 Å². The highest BCUT2D eigenvalue weighted by molar-refractivity contribution is 5.79. The lowest BCUT2D eigenvalue weighted by Gasteiger charge is -2.33. The second-order valence-corrected chi connectivity index (χ2v) is 5.60. The van der Waals surface area contributed by atoms with E-state index in [2.05, 4.69) is 0 Å². The van der Waals surface area contributed by atoms with Crippen molar-refractivity contribution in [3.8, 4) is 0 Å². The molecule has 0 unspecified atom stereocenters. The van der Waals surface area contributed by atoms with Gasteiger partial charge in [0.05, 0.1) is 0 Å². The normalized spacial score (nSPS) is 22.3. The third kappa shape index (κ3) is 3.43. The van der Waals surface area contributed by atoms with Crippen molar-refractivity contribution >= 4 is 5.91 Å². The van der Waals surface area contributed by atoms with Gasteiger partial charge in [-0.15, -0.1) is 0 Å². The first-order chi connectivity index (χ1) is 8.66. The van der Waals surface area contributed by atoms with Crippen molar-refractivity contribution in [3.05, 3.63) is 10.1 Å². The molecule has 0 atom stereocenters. The van der Waals surface area contributed by atoms with Crippen molar-refractivity contribution in [3.63, 3.8) is 0 Å². The Kier molecular flexibility index (Phi) is 4.55. The van der Waals surface area contributed by atoms with Gasteiger partial charge in [-0.2, -0.15) is 0 Å². The fraction of sp³-hybridized carbons (Fsp3) is 0.923. The number of carbonyl (C=O) groups is 1. The van der Waals surface area contributed by atoms with E-state index < -0.39 is 0 Å². The van der Waals surface area contributed by atoms with Crippen LogP contribution >= 0.6 is 0 Å². The number of rotatable bonds is 4. The average molecular weight is 254 g/mol. The molecule has 0 N–H and O–H groups in total. The zero-order valence-electron chi connectivity index (χ0n) is 10.8. The number of carbonyl (C=O) groups excluding carboxylic acids is 1. The van der Waals surface area contributed by atoms with E-state index in [0.29, 0.717) is 18.2 Å². The molecular weight excluding hydrogens is 232 g/mol. The predicted octanol–water partition coefficient (Wildman–Crippen LogP) is 2.08. The quantitative estimate of drug-likeness (QED) is 0.570. The molecule has 2 aliphatic rings. The zero-order chi connectivity index (χ0) is 13.0. The van der Waals surface area contributed by atoms with Gasteiger partial charge in [-0.05, 0) is 31.6 Å². The minimum absolute atomic E-state index is 0.0707. The fourth-order valence-corrected chi connectivity index (χ4v) is 3.16. The van der Waals surface area contributed by atoms with Gasteiger partial charge < -0.3 is 4.90 Å². The Morgan fingerprint density at radius 1 is 1.17 bits per heavy atom. The number of amides is 1. The molecule has 1 aliphatic heterocycles. The first-order valence-corrected chi connectivity index (χ1v) is 7.07. The van der Waals surface area contributed by atoms with E-state index in [9.17, 15) is 14.9 Å². The second kappa shape index (κ2) is 6.16. The van der Waals surface area contributed by atoms with Gasteiger partial charge in [-0.1, -0.05) is 12.8 Å². The SMILES string of the molecule is O=C(C1CCCC1)N1CCC(CC[N+](=O)[O-])CC1. The number of hydrogen-bond acceptors (Lipinski definition) is 3. The molecule has 102 valence electrons. The molecule has 1 heterocycles. The molecule has 5 heteroatoms. The summed E-state index contributed by atoms with van der Waals surface area (Å²) in [5.74, 6) is 1.03. The molecule has 0 radical (unpaired) electrons. The van der Waals surface area contributed by atoms with Crippen LogP contribution in [0, 0.1) is 22.0 Å². The summed E-state index contributed by atoms with van der Waals surface area (Å²) in [6.45, 7) is 1.68. The maximum atomic E-state index is 12.2. The maximum absolute atomic E-state index is 12.2. The van der Waals surface area contributed by atoms with Gasteiger partial charge in [0.2, 0.25) is 12.5 Å². The smallest absolute Gasteiger partial charge is 0.225 e. The van der Waals surface area contributed by atoms with E-state index in [1.807, 2.05) is 4.90 Å². The summed E-state index contributed by atoms with van der Waals surface area (Å²) in [5.41, 5.74) is 0. The molecule has 1 amide bonds. The van der Waals surface area contributed by atoms with Crippen molar-refractivity contribution in [2.24, 2.45) is 11.8 Å². The van der Waals surface area contributed by atoms with Crippen LogP contribution in [-0.2, 0) is 4.79 Å². The van der Waals surface area contributed by atoms with Gasteiger partial charge in [0.25, 0.3) is 0 Å². The molecule has 5 nitrogen and oxygen atoms in total. The summed E-state index contributed by atoms with van der Waals surface area (Å²) >= 11 is 0. The Balaban J connectivity index is 1.72. The highest BCUT2D eigenvalue weighted by Gasteiger charge is 2.30.